The predicted octanol–water partition coefficient (Wildman–Crippen LogP) is 4.98. The van der Waals surface area contributed by atoms with E-state index >= 15 is 0 Å². The fraction of sp³-hybridized carbons (Fsp3) is 0.273. The van der Waals surface area contributed by atoms with Gasteiger partial charge in [-0.3, -0.25) is 9.97 Å². The minimum atomic E-state index is 0. The number of hydrogen-bond donors (Lipinski definition) is 4. The molecule has 6 nitrogen and oxygen atoms in total. The summed E-state index contributed by atoms with van der Waals surface area (Å²) in [5, 5.41) is 11.2. The molecule has 176 valence electrons. The molecule has 6 N–H and O–H groups in total. The summed E-state index contributed by atoms with van der Waals surface area (Å²) < 4.78 is 0. The van der Waals surface area contributed by atoms with Gasteiger partial charge in [-0.2, -0.15) is 0 Å². The van der Waals surface area contributed by atoms with Crippen LogP contribution in [0.3, 0.4) is 0 Å². The molecule has 0 atom stereocenters. The summed E-state index contributed by atoms with van der Waals surface area (Å²) >= 11 is 0. The van der Waals surface area contributed by atoms with Crippen molar-refractivity contribution in [3.8, 4) is 0 Å². The van der Waals surface area contributed by atoms with Gasteiger partial charge < -0.3 is 22.1 Å². The fourth-order valence-electron chi connectivity index (χ4n) is 3.75. The third-order valence-corrected chi connectivity index (χ3v) is 4.93. The first kappa shape index (κ1) is 30.2. The van der Waals surface area contributed by atoms with Crippen LogP contribution in [-0.4, -0.2) is 36.1 Å². The number of pyridine rings is 2. The van der Waals surface area contributed by atoms with Crippen molar-refractivity contribution in [3.63, 3.8) is 0 Å². The highest BCUT2D eigenvalue weighted by molar-refractivity contribution is 6.18. The zero-order valence-corrected chi connectivity index (χ0v) is 21.2. The lowest BCUT2D eigenvalue weighted by Crippen LogP contribution is -2.13. The first-order chi connectivity index (χ1) is 13.6. The van der Waals surface area contributed by atoms with Crippen molar-refractivity contribution in [1.82, 2.24) is 9.97 Å². The van der Waals surface area contributed by atoms with Crippen LogP contribution in [0, 0.1) is 13.8 Å². The van der Waals surface area contributed by atoms with Crippen LogP contribution in [-0.2, 0) is 0 Å². The molecular formula is C22H30Cl4N6. The highest BCUT2D eigenvalue weighted by Gasteiger charge is 2.12. The molecule has 2 aromatic carbocycles. The summed E-state index contributed by atoms with van der Waals surface area (Å²) in [6.45, 7) is 6.66. The molecule has 10 heteroatoms. The number of aromatic nitrogens is 2. The summed E-state index contributed by atoms with van der Waals surface area (Å²) in [4.78, 5) is 9.69. The normalized spacial score (nSPS) is 10.0. The van der Waals surface area contributed by atoms with E-state index in [2.05, 4.69) is 47.0 Å². The third-order valence-electron chi connectivity index (χ3n) is 4.93. The Morgan fingerprint density at radius 3 is 1.31 bits per heavy atom. The number of aryl methyl sites for hydroxylation is 2. The number of anilines is 2. The van der Waals surface area contributed by atoms with Gasteiger partial charge >= 0.3 is 0 Å². The number of fused-ring (bicyclic) bond motifs is 5. The molecule has 0 aliphatic rings. The lowest BCUT2D eigenvalue weighted by Gasteiger charge is -2.14. The second-order valence-corrected chi connectivity index (χ2v) is 7.07. The summed E-state index contributed by atoms with van der Waals surface area (Å²) in [5.74, 6) is 0. The average Bonchev–Trinajstić information content (AvgIpc) is 2.69. The van der Waals surface area contributed by atoms with Gasteiger partial charge in [0.1, 0.15) is 0 Å². The van der Waals surface area contributed by atoms with Crippen molar-refractivity contribution in [2.45, 2.75) is 13.8 Å². The Kier molecular flexibility index (Phi) is 12.3. The van der Waals surface area contributed by atoms with Crippen LogP contribution in [0.2, 0.25) is 0 Å². The van der Waals surface area contributed by atoms with Crippen LogP contribution in [0.5, 0.6) is 0 Å². The quantitative estimate of drug-likeness (QED) is 0.268. The predicted molar refractivity (Wildman–Crippen MR) is 148 cm³/mol. The number of hydrogen-bond acceptors (Lipinski definition) is 6. The van der Waals surface area contributed by atoms with Crippen molar-refractivity contribution in [3.05, 3.63) is 47.8 Å². The molecule has 0 saturated heterocycles. The van der Waals surface area contributed by atoms with Crippen LogP contribution >= 0.6 is 49.6 Å². The SMILES string of the molecule is Cc1cc(NCCN)c2ccc3c(ccc4c(NCCN)cc(C)nc43)c2n1.Cl.Cl.Cl.Cl. The van der Waals surface area contributed by atoms with Crippen molar-refractivity contribution in [2.75, 3.05) is 36.8 Å². The van der Waals surface area contributed by atoms with E-state index in [1.165, 1.54) is 0 Å². The first-order valence-electron chi connectivity index (χ1n) is 9.64. The maximum absolute atomic E-state index is 5.67. The van der Waals surface area contributed by atoms with E-state index in [9.17, 15) is 0 Å². The molecule has 4 rings (SSSR count). The van der Waals surface area contributed by atoms with Crippen molar-refractivity contribution < 1.29 is 0 Å². The lowest BCUT2D eigenvalue weighted by atomic mass is 10.0. The summed E-state index contributed by atoms with van der Waals surface area (Å²) in [7, 11) is 0. The van der Waals surface area contributed by atoms with Gasteiger partial charge in [0.25, 0.3) is 0 Å². The Morgan fingerprint density at radius 1 is 0.625 bits per heavy atom. The van der Waals surface area contributed by atoms with E-state index in [0.29, 0.717) is 13.1 Å². The zero-order chi connectivity index (χ0) is 19.7. The molecule has 0 saturated carbocycles. The van der Waals surface area contributed by atoms with Crippen LogP contribution in [0.1, 0.15) is 11.4 Å². The van der Waals surface area contributed by atoms with Crippen molar-refractivity contribution >= 4 is 93.6 Å². The van der Waals surface area contributed by atoms with Crippen molar-refractivity contribution in [1.29, 1.82) is 0 Å². The van der Waals surface area contributed by atoms with Gasteiger partial charge in [0, 0.05) is 70.5 Å². The van der Waals surface area contributed by atoms with Gasteiger partial charge in [-0.05, 0) is 26.0 Å². The molecule has 32 heavy (non-hydrogen) atoms. The lowest BCUT2D eigenvalue weighted by molar-refractivity contribution is 1.02. The number of nitrogens with zero attached hydrogens (tertiary/aromatic N) is 2. The van der Waals surface area contributed by atoms with E-state index in [0.717, 1.165) is 68.4 Å². The van der Waals surface area contributed by atoms with Crippen LogP contribution < -0.4 is 22.1 Å². The first-order valence-corrected chi connectivity index (χ1v) is 9.64. The fourth-order valence-corrected chi connectivity index (χ4v) is 3.75. The zero-order valence-electron chi connectivity index (χ0n) is 18.0. The molecule has 0 fully saturated rings. The van der Waals surface area contributed by atoms with E-state index in [1.807, 2.05) is 13.8 Å². The van der Waals surface area contributed by atoms with E-state index in [4.69, 9.17) is 21.4 Å². The second-order valence-electron chi connectivity index (χ2n) is 7.07. The van der Waals surface area contributed by atoms with Gasteiger partial charge in [0.15, 0.2) is 0 Å². The summed E-state index contributed by atoms with van der Waals surface area (Å²) in [5.41, 5.74) is 17.4. The van der Waals surface area contributed by atoms with E-state index in [-0.39, 0.29) is 49.6 Å². The molecular weight excluding hydrogens is 490 g/mol. The molecule has 0 spiro atoms. The van der Waals surface area contributed by atoms with Gasteiger partial charge in [-0.1, -0.05) is 24.3 Å². The van der Waals surface area contributed by atoms with Gasteiger partial charge in [-0.15, -0.1) is 49.6 Å². The number of nitrogens with one attached hydrogen (secondary N) is 2. The molecule has 0 amide bonds. The second kappa shape index (κ2) is 13.0. The monoisotopic (exact) mass is 518 g/mol. The Bertz CT molecular complexity index is 1090. The van der Waals surface area contributed by atoms with Crippen LogP contribution in [0.25, 0.3) is 32.6 Å². The molecule has 0 aliphatic carbocycles. The van der Waals surface area contributed by atoms with Crippen molar-refractivity contribution in [2.24, 2.45) is 11.5 Å². The molecule has 2 aromatic heterocycles. The molecule has 0 radical (unpaired) electrons. The summed E-state index contributed by atoms with van der Waals surface area (Å²) in [6.07, 6.45) is 0. The molecule has 2 heterocycles. The van der Waals surface area contributed by atoms with Crippen LogP contribution in [0.4, 0.5) is 11.4 Å². The average molecular weight is 520 g/mol. The Labute approximate surface area is 212 Å². The number of rotatable bonds is 6. The molecule has 4 aromatic rings. The highest BCUT2D eigenvalue weighted by Crippen LogP contribution is 2.35. The summed E-state index contributed by atoms with van der Waals surface area (Å²) in [6, 6.07) is 12.7. The van der Waals surface area contributed by atoms with E-state index < -0.39 is 0 Å². The van der Waals surface area contributed by atoms with Gasteiger partial charge in [-0.25, -0.2) is 0 Å². The van der Waals surface area contributed by atoms with Crippen LogP contribution in [0.15, 0.2) is 36.4 Å². The number of halogens is 4. The molecule has 0 bridgehead atoms. The topological polar surface area (TPSA) is 102 Å². The van der Waals surface area contributed by atoms with E-state index in [1.54, 1.807) is 0 Å². The molecule has 0 unspecified atom stereocenters. The smallest absolute Gasteiger partial charge is 0.0805 e. The maximum Gasteiger partial charge on any atom is 0.0805 e. The highest BCUT2D eigenvalue weighted by atomic mass is 35.5. The standard InChI is InChI=1S/C22H26N6.4ClH/c1-13-11-19(25-9-7-23)17-5-4-16-15(21(17)27-13)3-6-18-20(26-10-8-24)12-14(2)28-22(16)18;;;;/h3-6,11-12H,7-10,23-24H2,1-2H3,(H,25,27)(H,26,28);4*1H. The van der Waals surface area contributed by atoms with Gasteiger partial charge in [0.2, 0.25) is 0 Å². The number of nitrogens with two attached hydrogens (primary N) is 2. The third kappa shape index (κ3) is 5.76. The Hall–Kier alpha value is -1.80. The maximum atomic E-state index is 5.67. The van der Waals surface area contributed by atoms with Gasteiger partial charge in [0.05, 0.1) is 11.0 Å². The minimum absolute atomic E-state index is 0. The number of benzene rings is 2. The minimum Gasteiger partial charge on any atom is -0.383 e. The molecule has 0 aliphatic heterocycles. The Balaban J connectivity index is 0.00000240. The largest absolute Gasteiger partial charge is 0.383 e. The Morgan fingerprint density at radius 2 is 0.969 bits per heavy atom.